The Kier molecular flexibility index (Phi) is 3.18. The average Bonchev–Trinajstić information content (AvgIpc) is 2.88. The third kappa shape index (κ3) is 2.45. The van der Waals surface area contributed by atoms with E-state index in [9.17, 15) is 4.79 Å². The van der Waals surface area contributed by atoms with Gasteiger partial charge in [0.1, 0.15) is 4.88 Å². The normalized spacial score (nSPS) is 10.7. The SMILES string of the molecule is O=C(O)c1cc(Sc2cnnc3ccccc23)cs1. The fourth-order valence-corrected chi connectivity index (χ4v) is 3.51. The van der Waals surface area contributed by atoms with Crippen LogP contribution >= 0.6 is 23.1 Å². The summed E-state index contributed by atoms with van der Waals surface area (Å²) in [6.07, 6.45) is 1.70. The van der Waals surface area contributed by atoms with Gasteiger partial charge in [-0.2, -0.15) is 10.2 Å². The van der Waals surface area contributed by atoms with E-state index in [1.807, 2.05) is 29.6 Å². The van der Waals surface area contributed by atoms with Crippen molar-refractivity contribution in [1.82, 2.24) is 10.2 Å². The zero-order valence-electron chi connectivity index (χ0n) is 9.61. The second-order valence-electron chi connectivity index (χ2n) is 3.78. The molecule has 3 rings (SSSR count). The van der Waals surface area contributed by atoms with Crippen LogP contribution < -0.4 is 0 Å². The number of nitrogens with zero attached hydrogens (tertiary/aromatic N) is 2. The molecule has 1 N–H and O–H groups in total. The zero-order valence-corrected chi connectivity index (χ0v) is 11.2. The molecule has 0 aliphatic heterocycles. The lowest BCUT2D eigenvalue weighted by atomic mass is 10.2. The monoisotopic (exact) mass is 288 g/mol. The number of carboxylic acids is 1. The van der Waals surface area contributed by atoms with Gasteiger partial charge in [-0.3, -0.25) is 0 Å². The third-order valence-corrected chi connectivity index (χ3v) is 4.61. The molecule has 0 aliphatic rings. The molecule has 0 fully saturated rings. The molecule has 3 aromatic rings. The molecule has 0 unspecified atom stereocenters. The van der Waals surface area contributed by atoms with Crippen LogP contribution in [0.5, 0.6) is 0 Å². The van der Waals surface area contributed by atoms with Crippen LogP contribution in [0.1, 0.15) is 9.67 Å². The first-order valence-corrected chi connectivity index (χ1v) is 7.14. The van der Waals surface area contributed by atoms with Crippen LogP contribution in [0.25, 0.3) is 10.9 Å². The van der Waals surface area contributed by atoms with Crippen molar-refractivity contribution in [2.45, 2.75) is 9.79 Å². The number of aromatic nitrogens is 2. The van der Waals surface area contributed by atoms with Crippen LogP contribution in [0.3, 0.4) is 0 Å². The van der Waals surface area contributed by atoms with E-state index >= 15 is 0 Å². The van der Waals surface area contributed by atoms with Crippen LogP contribution in [0.2, 0.25) is 0 Å². The number of thiophene rings is 1. The molecular weight excluding hydrogens is 280 g/mol. The van der Waals surface area contributed by atoms with E-state index in [-0.39, 0.29) is 0 Å². The minimum absolute atomic E-state index is 0.342. The van der Waals surface area contributed by atoms with E-state index in [1.54, 1.807) is 12.3 Å². The Morgan fingerprint density at radius 3 is 2.95 bits per heavy atom. The topological polar surface area (TPSA) is 63.1 Å². The standard InChI is InChI=1S/C13H8N2O2S2/c16-13(17)11-5-8(7-18-11)19-12-6-14-15-10-4-2-1-3-9(10)12/h1-7H,(H,16,17). The summed E-state index contributed by atoms with van der Waals surface area (Å²) in [6, 6.07) is 9.43. The van der Waals surface area contributed by atoms with Gasteiger partial charge in [0.2, 0.25) is 0 Å². The Labute approximate surface area is 117 Å². The molecule has 6 heteroatoms. The third-order valence-electron chi connectivity index (χ3n) is 2.52. The molecule has 0 amide bonds. The summed E-state index contributed by atoms with van der Waals surface area (Å²) in [7, 11) is 0. The molecule has 0 aliphatic carbocycles. The fraction of sp³-hybridized carbons (Fsp3) is 0. The second kappa shape index (κ2) is 4.99. The molecule has 0 spiro atoms. The minimum Gasteiger partial charge on any atom is -0.477 e. The number of hydrogen-bond donors (Lipinski definition) is 1. The van der Waals surface area contributed by atoms with Crippen LogP contribution in [0.4, 0.5) is 0 Å². The fourth-order valence-electron chi connectivity index (χ4n) is 1.68. The summed E-state index contributed by atoms with van der Waals surface area (Å²) in [4.78, 5) is 13.1. The van der Waals surface area contributed by atoms with Gasteiger partial charge in [-0.25, -0.2) is 4.79 Å². The predicted octanol–water partition coefficient (Wildman–Crippen LogP) is 3.54. The molecule has 2 heterocycles. The first-order chi connectivity index (χ1) is 9.24. The van der Waals surface area contributed by atoms with Gasteiger partial charge < -0.3 is 5.11 Å². The van der Waals surface area contributed by atoms with Gasteiger partial charge in [0.05, 0.1) is 11.7 Å². The first-order valence-electron chi connectivity index (χ1n) is 5.44. The Morgan fingerprint density at radius 2 is 2.16 bits per heavy atom. The summed E-state index contributed by atoms with van der Waals surface area (Å²) in [5, 5.41) is 19.8. The van der Waals surface area contributed by atoms with Crippen molar-refractivity contribution in [1.29, 1.82) is 0 Å². The second-order valence-corrected chi connectivity index (χ2v) is 5.81. The molecule has 0 atom stereocenters. The smallest absolute Gasteiger partial charge is 0.345 e. The zero-order chi connectivity index (χ0) is 13.2. The van der Waals surface area contributed by atoms with Gasteiger partial charge in [0.25, 0.3) is 0 Å². The Morgan fingerprint density at radius 1 is 1.32 bits per heavy atom. The van der Waals surface area contributed by atoms with Gasteiger partial charge in [-0.1, -0.05) is 30.0 Å². The molecule has 2 aromatic heterocycles. The van der Waals surface area contributed by atoms with Crippen LogP contribution in [0, 0.1) is 0 Å². The number of benzene rings is 1. The number of carbonyl (C=O) groups is 1. The minimum atomic E-state index is -0.894. The molecule has 19 heavy (non-hydrogen) atoms. The van der Waals surface area contributed by atoms with Crippen molar-refractivity contribution < 1.29 is 9.90 Å². The van der Waals surface area contributed by atoms with E-state index in [2.05, 4.69) is 10.2 Å². The Balaban J connectivity index is 1.98. The van der Waals surface area contributed by atoms with Gasteiger partial charge >= 0.3 is 5.97 Å². The molecule has 0 radical (unpaired) electrons. The number of hydrogen-bond acceptors (Lipinski definition) is 5. The van der Waals surface area contributed by atoms with Gasteiger partial charge in [-0.05, 0) is 12.1 Å². The van der Waals surface area contributed by atoms with Gasteiger partial charge in [0.15, 0.2) is 0 Å². The highest BCUT2D eigenvalue weighted by Crippen LogP contribution is 2.34. The number of carboxylic acid groups (broad SMARTS) is 1. The van der Waals surface area contributed by atoms with Crippen LogP contribution in [-0.4, -0.2) is 21.3 Å². The average molecular weight is 288 g/mol. The van der Waals surface area contributed by atoms with Crippen LogP contribution in [-0.2, 0) is 0 Å². The lowest BCUT2D eigenvalue weighted by molar-refractivity contribution is 0.0702. The van der Waals surface area contributed by atoms with Crippen molar-refractivity contribution in [2.75, 3.05) is 0 Å². The predicted molar refractivity (Wildman–Crippen MR) is 74.9 cm³/mol. The lowest BCUT2D eigenvalue weighted by Crippen LogP contribution is -1.89. The number of rotatable bonds is 3. The Bertz CT molecular complexity index is 750. The number of fused-ring (bicyclic) bond motifs is 1. The number of aromatic carboxylic acids is 1. The molecule has 1 aromatic carbocycles. The maximum absolute atomic E-state index is 10.9. The lowest BCUT2D eigenvalue weighted by Gasteiger charge is -2.02. The molecule has 4 nitrogen and oxygen atoms in total. The highest BCUT2D eigenvalue weighted by atomic mass is 32.2. The van der Waals surface area contributed by atoms with Gasteiger partial charge in [0, 0.05) is 20.6 Å². The summed E-state index contributed by atoms with van der Waals surface area (Å²) < 4.78 is 0. The van der Waals surface area contributed by atoms with Crippen molar-refractivity contribution in [3.8, 4) is 0 Å². The van der Waals surface area contributed by atoms with E-state index in [1.165, 1.54) is 23.1 Å². The van der Waals surface area contributed by atoms with Crippen molar-refractivity contribution in [2.24, 2.45) is 0 Å². The van der Waals surface area contributed by atoms with Gasteiger partial charge in [-0.15, -0.1) is 11.3 Å². The van der Waals surface area contributed by atoms with E-state index < -0.39 is 5.97 Å². The van der Waals surface area contributed by atoms with Crippen LogP contribution in [0.15, 0.2) is 51.7 Å². The summed E-state index contributed by atoms with van der Waals surface area (Å²) >= 11 is 2.73. The maximum atomic E-state index is 10.9. The molecule has 94 valence electrons. The highest BCUT2D eigenvalue weighted by Gasteiger charge is 2.09. The van der Waals surface area contributed by atoms with E-state index in [0.717, 1.165) is 20.7 Å². The molecule has 0 bridgehead atoms. The largest absolute Gasteiger partial charge is 0.477 e. The van der Waals surface area contributed by atoms with Crippen molar-refractivity contribution in [3.63, 3.8) is 0 Å². The summed E-state index contributed by atoms with van der Waals surface area (Å²) in [5.41, 5.74) is 0.834. The van der Waals surface area contributed by atoms with E-state index in [0.29, 0.717) is 4.88 Å². The van der Waals surface area contributed by atoms with E-state index in [4.69, 9.17) is 5.11 Å². The first kappa shape index (κ1) is 12.1. The molecule has 0 saturated carbocycles. The Hall–Kier alpha value is -1.92. The molecular formula is C13H8N2O2S2. The summed E-state index contributed by atoms with van der Waals surface area (Å²) in [6.45, 7) is 0. The quantitative estimate of drug-likeness (QED) is 0.798. The maximum Gasteiger partial charge on any atom is 0.345 e. The van der Waals surface area contributed by atoms with Crippen molar-refractivity contribution in [3.05, 3.63) is 46.8 Å². The highest BCUT2D eigenvalue weighted by molar-refractivity contribution is 7.99. The molecule has 0 saturated heterocycles. The summed E-state index contributed by atoms with van der Waals surface area (Å²) in [5.74, 6) is -0.894. The van der Waals surface area contributed by atoms with Crippen molar-refractivity contribution >= 4 is 40.0 Å².